The van der Waals surface area contributed by atoms with Crippen molar-refractivity contribution in [3.63, 3.8) is 0 Å². The highest BCUT2D eigenvalue weighted by molar-refractivity contribution is 5.60. The van der Waals surface area contributed by atoms with E-state index in [4.69, 9.17) is 4.74 Å². The Morgan fingerprint density at radius 3 is 2.39 bits per heavy atom. The highest BCUT2D eigenvalue weighted by Crippen LogP contribution is 2.23. The van der Waals surface area contributed by atoms with E-state index in [0.29, 0.717) is 11.4 Å². The molecule has 0 spiro atoms. The van der Waals surface area contributed by atoms with Crippen molar-refractivity contribution in [1.82, 2.24) is 4.98 Å². The molecule has 6 heteroatoms. The van der Waals surface area contributed by atoms with E-state index >= 15 is 0 Å². The second kappa shape index (κ2) is 4.95. The Morgan fingerprint density at radius 1 is 1.11 bits per heavy atom. The zero-order chi connectivity index (χ0) is 13.1. The van der Waals surface area contributed by atoms with E-state index in [-0.39, 0.29) is 5.69 Å². The van der Waals surface area contributed by atoms with Crippen LogP contribution in [0.15, 0.2) is 30.3 Å². The highest BCUT2D eigenvalue weighted by Gasteiger charge is 2.12. The minimum absolute atomic E-state index is 0.315. The maximum absolute atomic E-state index is 13.3. The minimum atomic E-state index is -1.48. The Labute approximate surface area is 101 Å². The highest BCUT2D eigenvalue weighted by atomic mass is 19.2. The van der Waals surface area contributed by atoms with Crippen LogP contribution in [-0.2, 0) is 0 Å². The van der Waals surface area contributed by atoms with Gasteiger partial charge in [-0.2, -0.15) is 18.2 Å². The molecule has 3 nitrogen and oxygen atoms in total. The van der Waals surface area contributed by atoms with Crippen molar-refractivity contribution in [1.29, 1.82) is 0 Å². The molecule has 94 valence electrons. The van der Waals surface area contributed by atoms with Gasteiger partial charge in [0, 0.05) is 11.8 Å². The average molecular weight is 254 g/mol. The summed E-state index contributed by atoms with van der Waals surface area (Å²) in [6, 6.07) is 7.23. The van der Waals surface area contributed by atoms with Crippen molar-refractivity contribution >= 4 is 11.4 Å². The van der Waals surface area contributed by atoms with Crippen molar-refractivity contribution in [3.05, 3.63) is 48.0 Å². The van der Waals surface area contributed by atoms with Gasteiger partial charge in [-0.25, -0.2) is 0 Å². The number of anilines is 2. The van der Waals surface area contributed by atoms with Crippen LogP contribution in [0.4, 0.5) is 24.5 Å². The number of nitrogens with zero attached hydrogens (tertiary/aromatic N) is 1. The average Bonchev–Trinajstić information content (AvgIpc) is 2.36. The monoisotopic (exact) mass is 254 g/mol. The van der Waals surface area contributed by atoms with Gasteiger partial charge in [-0.15, -0.1) is 0 Å². The summed E-state index contributed by atoms with van der Waals surface area (Å²) in [5.74, 6) is -3.18. The summed E-state index contributed by atoms with van der Waals surface area (Å²) in [6.07, 6.45) is 0. The third-order valence-electron chi connectivity index (χ3n) is 2.26. The van der Waals surface area contributed by atoms with Crippen LogP contribution in [0.25, 0.3) is 0 Å². The smallest absolute Gasteiger partial charge is 0.253 e. The van der Waals surface area contributed by atoms with Gasteiger partial charge in [-0.05, 0) is 24.3 Å². The van der Waals surface area contributed by atoms with Crippen molar-refractivity contribution in [3.8, 4) is 5.75 Å². The number of aromatic nitrogens is 1. The summed E-state index contributed by atoms with van der Waals surface area (Å²) in [5.41, 5.74) is 0.157. The molecule has 1 aromatic carbocycles. The standard InChI is InChI=1S/C12H9F3N2O/c1-18-8-4-2-7(3-5-8)16-9-6-10(13)17-12(15)11(9)14/h2-6H,1H3,(H,16,17). The Morgan fingerprint density at radius 2 is 1.78 bits per heavy atom. The number of hydrogen-bond acceptors (Lipinski definition) is 3. The zero-order valence-electron chi connectivity index (χ0n) is 9.38. The lowest BCUT2D eigenvalue weighted by Crippen LogP contribution is -2.01. The van der Waals surface area contributed by atoms with E-state index in [2.05, 4.69) is 10.3 Å². The molecule has 0 amide bonds. The molecule has 1 heterocycles. The first kappa shape index (κ1) is 12.2. The van der Waals surface area contributed by atoms with E-state index in [1.807, 2.05) is 0 Å². The largest absolute Gasteiger partial charge is 0.497 e. The van der Waals surface area contributed by atoms with Crippen LogP contribution in [-0.4, -0.2) is 12.1 Å². The Hall–Kier alpha value is -2.24. The summed E-state index contributed by atoms with van der Waals surface area (Å²) in [4.78, 5) is 2.73. The molecule has 0 fully saturated rings. The number of methoxy groups -OCH3 is 1. The molecule has 1 N–H and O–H groups in total. The van der Waals surface area contributed by atoms with Crippen LogP contribution < -0.4 is 10.1 Å². The van der Waals surface area contributed by atoms with Crippen molar-refractivity contribution in [2.45, 2.75) is 0 Å². The number of halogens is 3. The normalized spacial score (nSPS) is 10.2. The van der Waals surface area contributed by atoms with Gasteiger partial charge in [0.1, 0.15) is 5.75 Å². The molecule has 0 saturated heterocycles. The van der Waals surface area contributed by atoms with Crippen LogP contribution in [0.1, 0.15) is 0 Å². The molecule has 0 atom stereocenters. The van der Waals surface area contributed by atoms with E-state index < -0.39 is 17.7 Å². The quantitative estimate of drug-likeness (QED) is 0.854. The zero-order valence-corrected chi connectivity index (χ0v) is 9.38. The van der Waals surface area contributed by atoms with E-state index in [1.165, 1.54) is 7.11 Å². The third-order valence-corrected chi connectivity index (χ3v) is 2.26. The number of ether oxygens (including phenoxy) is 1. The molecule has 0 radical (unpaired) electrons. The molecule has 2 rings (SSSR count). The van der Waals surface area contributed by atoms with E-state index in [1.54, 1.807) is 24.3 Å². The molecule has 18 heavy (non-hydrogen) atoms. The van der Waals surface area contributed by atoms with Crippen LogP contribution in [0.3, 0.4) is 0 Å². The lowest BCUT2D eigenvalue weighted by molar-refractivity contribution is 0.415. The van der Waals surface area contributed by atoms with Crippen molar-refractivity contribution in [2.75, 3.05) is 12.4 Å². The van der Waals surface area contributed by atoms with Crippen LogP contribution >= 0.6 is 0 Å². The van der Waals surface area contributed by atoms with Gasteiger partial charge < -0.3 is 10.1 Å². The molecular formula is C12H9F3N2O. The molecular weight excluding hydrogens is 245 g/mol. The van der Waals surface area contributed by atoms with Gasteiger partial charge in [0.15, 0.2) is 0 Å². The van der Waals surface area contributed by atoms with Crippen LogP contribution in [0, 0.1) is 17.7 Å². The van der Waals surface area contributed by atoms with Gasteiger partial charge in [0.2, 0.25) is 11.8 Å². The molecule has 0 aliphatic heterocycles. The SMILES string of the molecule is COc1ccc(Nc2cc(F)nc(F)c2F)cc1. The predicted octanol–water partition coefficient (Wildman–Crippen LogP) is 3.25. The lowest BCUT2D eigenvalue weighted by atomic mass is 10.3. The summed E-state index contributed by atoms with van der Waals surface area (Å²) in [6.45, 7) is 0. The first-order valence-corrected chi connectivity index (χ1v) is 5.03. The van der Waals surface area contributed by atoms with Gasteiger partial charge in [0.05, 0.1) is 12.8 Å². The van der Waals surface area contributed by atoms with E-state index in [9.17, 15) is 13.2 Å². The molecule has 0 aliphatic carbocycles. The second-order valence-corrected chi connectivity index (χ2v) is 3.45. The number of hydrogen-bond donors (Lipinski definition) is 1. The van der Waals surface area contributed by atoms with Gasteiger partial charge >= 0.3 is 0 Å². The molecule has 0 unspecified atom stereocenters. The first-order valence-electron chi connectivity index (χ1n) is 5.03. The number of pyridine rings is 1. The lowest BCUT2D eigenvalue weighted by Gasteiger charge is -2.08. The summed E-state index contributed by atoms with van der Waals surface area (Å²) in [7, 11) is 1.51. The first-order chi connectivity index (χ1) is 8.60. The molecule has 1 aromatic heterocycles. The fraction of sp³-hybridized carbons (Fsp3) is 0.0833. The third kappa shape index (κ3) is 2.53. The topological polar surface area (TPSA) is 34.1 Å². The van der Waals surface area contributed by atoms with Crippen molar-refractivity contribution in [2.24, 2.45) is 0 Å². The number of rotatable bonds is 3. The molecule has 2 aromatic rings. The summed E-state index contributed by atoms with van der Waals surface area (Å²) in [5, 5.41) is 2.55. The fourth-order valence-electron chi connectivity index (χ4n) is 1.39. The number of nitrogens with one attached hydrogen (secondary N) is 1. The second-order valence-electron chi connectivity index (χ2n) is 3.45. The van der Waals surface area contributed by atoms with Crippen LogP contribution in [0.2, 0.25) is 0 Å². The van der Waals surface area contributed by atoms with E-state index in [0.717, 1.165) is 6.07 Å². The minimum Gasteiger partial charge on any atom is -0.497 e. The molecule has 0 saturated carbocycles. The van der Waals surface area contributed by atoms with Crippen LogP contribution in [0.5, 0.6) is 5.75 Å². The molecule has 0 bridgehead atoms. The Balaban J connectivity index is 2.27. The van der Waals surface area contributed by atoms with Crippen molar-refractivity contribution < 1.29 is 17.9 Å². The Kier molecular flexibility index (Phi) is 3.36. The molecule has 0 aliphatic rings. The van der Waals surface area contributed by atoms with Gasteiger partial charge in [0.25, 0.3) is 5.95 Å². The number of benzene rings is 1. The maximum atomic E-state index is 13.3. The maximum Gasteiger partial charge on any atom is 0.253 e. The summed E-state index contributed by atoms with van der Waals surface area (Å²) < 4.78 is 44.0. The van der Waals surface area contributed by atoms with Gasteiger partial charge in [-0.3, -0.25) is 0 Å². The summed E-state index contributed by atoms with van der Waals surface area (Å²) >= 11 is 0. The Bertz CT molecular complexity index is 558. The fourth-order valence-corrected chi connectivity index (χ4v) is 1.39. The predicted molar refractivity (Wildman–Crippen MR) is 60.4 cm³/mol. The van der Waals surface area contributed by atoms with Gasteiger partial charge in [-0.1, -0.05) is 0 Å².